The van der Waals surface area contributed by atoms with Crippen LogP contribution in [-0.4, -0.2) is 42.7 Å². The Kier molecular flexibility index (Phi) is 8.78. The number of hydrogen-bond donors (Lipinski definition) is 1. The topological polar surface area (TPSA) is 89.5 Å². The van der Waals surface area contributed by atoms with Crippen LogP contribution in [0.1, 0.15) is 44.4 Å². The quantitative estimate of drug-likeness (QED) is 0.419. The van der Waals surface area contributed by atoms with Gasteiger partial charge in [0.25, 0.3) is 0 Å². The van der Waals surface area contributed by atoms with E-state index in [0.717, 1.165) is 16.8 Å². The third kappa shape index (κ3) is 6.05. The van der Waals surface area contributed by atoms with E-state index in [9.17, 15) is 9.59 Å². The molecule has 1 amide bonds. The number of thioether (sulfide) groups is 1. The fourth-order valence-electron chi connectivity index (χ4n) is 4.31. The number of methoxy groups -OCH3 is 2. The molecule has 0 saturated heterocycles. The highest BCUT2D eigenvalue weighted by molar-refractivity contribution is 8.16. The van der Waals surface area contributed by atoms with Gasteiger partial charge in [0.05, 0.1) is 38.0 Å². The molecular formula is C29H33N3O5S. The Labute approximate surface area is 227 Å². The summed E-state index contributed by atoms with van der Waals surface area (Å²) in [7, 11) is 2.94. The Bertz CT molecular complexity index is 1290. The number of nitrogens with one attached hydrogen (secondary N) is 1. The summed E-state index contributed by atoms with van der Waals surface area (Å²) in [6.45, 7) is 6.88. The average molecular weight is 536 g/mol. The number of nitrogens with zero attached hydrogens (tertiary/aromatic N) is 2. The first-order valence-electron chi connectivity index (χ1n) is 12.5. The van der Waals surface area contributed by atoms with Crippen LogP contribution in [0.5, 0.6) is 11.5 Å². The molecule has 1 atom stereocenters. The number of aliphatic imine (C=N–C) groups is 1. The normalized spacial score (nSPS) is 16.6. The van der Waals surface area contributed by atoms with Crippen molar-refractivity contribution in [3.05, 3.63) is 82.0 Å². The summed E-state index contributed by atoms with van der Waals surface area (Å²) in [6, 6.07) is 14.9. The minimum Gasteiger partial charge on any atom is -0.493 e. The fraction of sp³-hybridized carbons (Fsp3) is 0.345. The van der Waals surface area contributed by atoms with Gasteiger partial charge in [-0.1, -0.05) is 62.0 Å². The van der Waals surface area contributed by atoms with Gasteiger partial charge in [0.2, 0.25) is 5.91 Å². The van der Waals surface area contributed by atoms with Gasteiger partial charge in [-0.2, -0.15) is 0 Å². The van der Waals surface area contributed by atoms with Crippen LogP contribution in [0.15, 0.2) is 75.9 Å². The van der Waals surface area contributed by atoms with Gasteiger partial charge in [0, 0.05) is 12.2 Å². The van der Waals surface area contributed by atoms with Crippen molar-refractivity contribution in [2.24, 2.45) is 10.9 Å². The SMILES string of the molecule is COC(=O)C1=C(C)N=C2SC=C(CC(=O)NCC(C)C)N2[C@H]1c1ccc(OCc2ccccc2)c(OC)c1. The molecule has 8 nitrogen and oxygen atoms in total. The maximum absolute atomic E-state index is 13.0. The van der Waals surface area contributed by atoms with Crippen LogP contribution >= 0.6 is 11.8 Å². The number of hydrogen-bond acceptors (Lipinski definition) is 8. The zero-order valence-electron chi connectivity index (χ0n) is 22.3. The van der Waals surface area contributed by atoms with Crippen LogP contribution in [0, 0.1) is 5.92 Å². The van der Waals surface area contributed by atoms with E-state index in [1.54, 1.807) is 14.0 Å². The largest absolute Gasteiger partial charge is 0.493 e. The third-order valence-corrected chi connectivity index (χ3v) is 7.08. The van der Waals surface area contributed by atoms with Crippen molar-refractivity contribution in [2.75, 3.05) is 20.8 Å². The van der Waals surface area contributed by atoms with Crippen LogP contribution in [0.25, 0.3) is 0 Å². The molecule has 2 aromatic carbocycles. The average Bonchev–Trinajstić information content (AvgIpc) is 3.31. The van der Waals surface area contributed by atoms with Crippen molar-refractivity contribution in [1.29, 1.82) is 0 Å². The van der Waals surface area contributed by atoms with E-state index >= 15 is 0 Å². The van der Waals surface area contributed by atoms with Gasteiger partial charge < -0.3 is 24.4 Å². The molecule has 4 rings (SSSR count). The highest BCUT2D eigenvalue weighted by atomic mass is 32.2. The monoisotopic (exact) mass is 535 g/mol. The number of amides is 1. The van der Waals surface area contributed by atoms with E-state index < -0.39 is 12.0 Å². The first kappa shape index (κ1) is 27.3. The van der Waals surface area contributed by atoms with Gasteiger partial charge in [-0.3, -0.25) is 4.79 Å². The molecule has 0 saturated carbocycles. The molecular weight excluding hydrogens is 502 g/mol. The molecule has 0 spiro atoms. The van der Waals surface area contributed by atoms with Gasteiger partial charge in [-0.15, -0.1) is 0 Å². The lowest BCUT2D eigenvalue weighted by Crippen LogP contribution is -2.38. The lowest BCUT2D eigenvalue weighted by atomic mass is 9.93. The maximum Gasteiger partial charge on any atom is 0.338 e. The van der Waals surface area contributed by atoms with Gasteiger partial charge in [-0.25, -0.2) is 9.79 Å². The number of allylic oxidation sites excluding steroid dienone is 1. The second-order valence-electron chi connectivity index (χ2n) is 9.44. The molecule has 2 aliphatic heterocycles. The highest BCUT2D eigenvalue weighted by Gasteiger charge is 2.41. The molecule has 2 aliphatic rings. The summed E-state index contributed by atoms with van der Waals surface area (Å²) in [4.78, 5) is 32.3. The van der Waals surface area contributed by atoms with E-state index in [4.69, 9.17) is 14.2 Å². The van der Waals surface area contributed by atoms with E-state index in [0.29, 0.717) is 47.0 Å². The van der Waals surface area contributed by atoms with Gasteiger partial charge in [0.1, 0.15) is 6.61 Å². The summed E-state index contributed by atoms with van der Waals surface area (Å²) >= 11 is 1.43. The number of ether oxygens (including phenoxy) is 3. The number of fused-ring (bicyclic) bond motifs is 1. The second-order valence-corrected chi connectivity index (χ2v) is 10.3. The Morgan fingerprint density at radius 3 is 2.55 bits per heavy atom. The summed E-state index contributed by atoms with van der Waals surface area (Å²) in [6.07, 6.45) is 0.165. The highest BCUT2D eigenvalue weighted by Crippen LogP contribution is 2.46. The number of carbonyl (C=O) groups excluding carboxylic acids is 2. The summed E-state index contributed by atoms with van der Waals surface area (Å²) in [5.41, 5.74) is 3.57. The molecule has 0 aliphatic carbocycles. The molecule has 2 aromatic rings. The Hall–Kier alpha value is -3.72. The number of carbonyl (C=O) groups is 2. The number of benzene rings is 2. The smallest absolute Gasteiger partial charge is 0.338 e. The van der Waals surface area contributed by atoms with Crippen molar-refractivity contribution < 1.29 is 23.8 Å². The van der Waals surface area contributed by atoms with Gasteiger partial charge >= 0.3 is 5.97 Å². The first-order valence-corrected chi connectivity index (χ1v) is 13.3. The predicted octanol–water partition coefficient (Wildman–Crippen LogP) is 5.18. The summed E-state index contributed by atoms with van der Waals surface area (Å²) in [5, 5.41) is 5.59. The fourth-order valence-corrected chi connectivity index (χ4v) is 5.27. The van der Waals surface area contributed by atoms with Crippen LogP contribution in [0.3, 0.4) is 0 Å². The molecule has 0 unspecified atom stereocenters. The van der Waals surface area contributed by atoms with Crippen molar-refractivity contribution in [3.63, 3.8) is 0 Å². The molecule has 200 valence electrons. The summed E-state index contributed by atoms with van der Waals surface area (Å²) < 4.78 is 16.9. The predicted molar refractivity (Wildman–Crippen MR) is 149 cm³/mol. The molecule has 38 heavy (non-hydrogen) atoms. The summed E-state index contributed by atoms with van der Waals surface area (Å²) in [5.74, 6) is 0.913. The lowest BCUT2D eigenvalue weighted by molar-refractivity contribution is -0.136. The Balaban J connectivity index is 1.67. The van der Waals surface area contributed by atoms with E-state index in [1.165, 1.54) is 18.9 Å². The van der Waals surface area contributed by atoms with Crippen LogP contribution in [0.2, 0.25) is 0 Å². The standard InChI is InChI=1S/C29H33N3O5S/c1-18(2)15-30-25(33)14-22-17-38-29-31-19(3)26(28(34)36-5)27(32(22)29)21-11-12-23(24(13-21)35-4)37-16-20-9-7-6-8-10-20/h6-13,17-18,27H,14-16H2,1-5H3,(H,30,33)/t27-/m0/s1. The zero-order chi connectivity index (χ0) is 27.2. The lowest BCUT2D eigenvalue weighted by Gasteiger charge is -2.36. The molecule has 0 bridgehead atoms. The minimum atomic E-state index is -0.550. The maximum atomic E-state index is 13.0. The molecule has 0 radical (unpaired) electrons. The van der Waals surface area contributed by atoms with Crippen LogP contribution < -0.4 is 14.8 Å². The van der Waals surface area contributed by atoms with E-state index in [-0.39, 0.29) is 12.3 Å². The van der Waals surface area contributed by atoms with Crippen molar-refractivity contribution >= 4 is 28.8 Å². The first-order chi connectivity index (χ1) is 18.3. The molecule has 1 N–H and O–H groups in total. The minimum absolute atomic E-state index is 0.0846. The molecule has 0 aromatic heterocycles. The van der Waals surface area contributed by atoms with Crippen molar-refractivity contribution in [2.45, 2.75) is 39.8 Å². The van der Waals surface area contributed by atoms with Crippen LogP contribution in [0.4, 0.5) is 0 Å². The molecule has 0 fully saturated rings. The molecule has 2 heterocycles. The number of esters is 1. The second kappa shape index (κ2) is 12.2. The van der Waals surface area contributed by atoms with Crippen LogP contribution in [-0.2, 0) is 20.9 Å². The number of rotatable bonds is 10. The Morgan fingerprint density at radius 2 is 1.87 bits per heavy atom. The van der Waals surface area contributed by atoms with E-state index in [2.05, 4.69) is 10.3 Å². The Morgan fingerprint density at radius 1 is 1.11 bits per heavy atom. The van der Waals surface area contributed by atoms with Crippen molar-refractivity contribution in [3.8, 4) is 11.5 Å². The zero-order valence-corrected chi connectivity index (χ0v) is 23.1. The van der Waals surface area contributed by atoms with Gasteiger partial charge in [-0.05, 0) is 41.5 Å². The third-order valence-electron chi connectivity index (χ3n) is 6.20. The van der Waals surface area contributed by atoms with Gasteiger partial charge in [0.15, 0.2) is 16.7 Å². The molecule has 9 heteroatoms. The number of amidine groups is 1. The van der Waals surface area contributed by atoms with E-state index in [1.807, 2.05) is 72.7 Å². The van der Waals surface area contributed by atoms with Crippen molar-refractivity contribution in [1.82, 2.24) is 10.2 Å².